The van der Waals surface area contributed by atoms with Crippen molar-refractivity contribution in [3.63, 3.8) is 0 Å². The maximum absolute atomic E-state index is 13.0. The van der Waals surface area contributed by atoms with Crippen LogP contribution in [0.2, 0.25) is 0 Å². The summed E-state index contributed by atoms with van der Waals surface area (Å²) in [6, 6.07) is 6.09. The van der Waals surface area contributed by atoms with E-state index in [1.165, 1.54) is 26.4 Å². The van der Waals surface area contributed by atoms with Gasteiger partial charge in [0.1, 0.15) is 17.5 Å². The lowest BCUT2D eigenvalue weighted by molar-refractivity contribution is -0.454. The third kappa shape index (κ3) is 3.24. The molecule has 152 valence electrons. The molecule has 2 bridgehead atoms. The van der Waals surface area contributed by atoms with Crippen LogP contribution in [0.15, 0.2) is 35.8 Å². The van der Waals surface area contributed by atoms with Crippen molar-refractivity contribution in [3.05, 3.63) is 57.3 Å². The minimum absolute atomic E-state index is 0.0294. The molecule has 2 atom stereocenters. The van der Waals surface area contributed by atoms with E-state index in [2.05, 4.69) is 10.6 Å². The van der Waals surface area contributed by atoms with Crippen LogP contribution in [0.25, 0.3) is 0 Å². The second kappa shape index (κ2) is 7.48. The summed E-state index contributed by atoms with van der Waals surface area (Å²) in [5, 5.41) is 18.1. The molecule has 0 spiro atoms. The summed E-state index contributed by atoms with van der Waals surface area (Å²) in [5.41, 5.74) is -0.222. The fourth-order valence-electron chi connectivity index (χ4n) is 4.41. The second-order valence-corrected chi connectivity index (χ2v) is 7.33. The van der Waals surface area contributed by atoms with Crippen LogP contribution in [-0.4, -0.2) is 42.8 Å². The Hall–Kier alpha value is -2.52. The Bertz CT molecular complexity index is 806. The third-order valence-electron chi connectivity index (χ3n) is 5.63. The molecule has 2 unspecified atom stereocenters. The van der Waals surface area contributed by atoms with E-state index >= 15 is 0 Å². The number of carbonyl (C=O) groups is 1. The van der Waals surface area contributed by atoms with E-state index in [1.807, 2.05) is 0 Å². The standard InChI is InChI=1S/C19H24FN3O5/c1-18-11-14(24)10-15(19(18,27-2)28-3)16(23(25)26)17(22-18)21-9-8-12-4-6-13(20)7-5-12/h4-7,15,21-22H,8-11H2,1-3H3. The first-order valence-corrected chi connectivity index (χ1v) is 9.03. The van der Waals surface area contributed by atoms with E-state index in [0.29, 0.717) is 13.0 Å². The van der Waals surface area contributed by atoms with Gasteiger partial charge in [-0.2, -0.15) is 0 Å². The fraction of sp³-hybridized carbons (Fsp3) is 0.526. The first-order chi connectivity index (χ1) is 13.3. The molecule has 8 nitrogen and oxygen atoms in total. The van der Waals surface area contributed by atoms with Crippen molar-refractivity contribution in [2.24, 2.45) is 5.92 Å². The highest BCUT2D eigenvalue weighted by molar-refractivity contribution is 5.82. The zero-order valence-electron chi connectivity index (χ0n) is 16.1. The maximum atomic E-state index is 13.0. The van der Waals surface area contributed by atoms with Crippen LogP contribution in [0.3, 0.4) is 0 Å². The van der Waals surface area contributed by atoms with E-state index in [1.54, 1.807) is 19.1 Å². The molecule has 1 saturated carbocycles. The maximum Gasteiger partial charge on any atom is 0.294 e. The van der Waals surface area contributed by atoms with Gasteiger partial charge >= 0.3 is 0 Å². The summed E-state index contributed by atoms with van der Waals surface area (Å²) in [6.45, 7) is 2.16. The topological polar surface area (TPSA) is 103 Å². The molecule has 1 aliphatic heterocycles. The lowest BCUT2D eigenvalue weighted by atomic mass is 9.67. The van der Waals surface area contributed by atoms with Crippen molar-refractivity contribution in [1.29, 1.82) is 0 Å². The Morgan fingerprint density at radius 2 is 1.96 bits per heavy atom. The van der Waals surface area contributed by atoms with Gasteiger partial charge in [-0.1, -0.05) is 12.1 Å². The van der Waals surface area contributed by atoms with Crippen molar-refractivity contribution in [2.45, 2.75) is 37.5 Å². The van der Waals surface area contributed by atoms with Gasteiger partial charge in [0.25, 0.3) is 5.70 Å². The van der Waals surface area contributed by atoms with Gasteiger partial charge in [0.2, 0.25) is 5.79 Å². The molecule has 28 heavy (non-hydrogen) atoms. The van der Waals surface area contributed by atoms with E-state index in [4.69, 9.17) is 9.47 Å². The number of hydrogen-bond donors (Lipinski definition) is 2. The number of ketones is 1. The second-order valence-electron chi connectivity index (χ2n) is 7.33. The Kier molecular flexibility index (Phi) is 5.40. The zero-order chi connectivity index (χ0) is 20.5. The van der Waals surface area contributed by atoms with Gasteiger partial charge in [0.05, 0.1) is 10.5 Å². The van der Waals surface area contributed by atoms with Crippen molar-refractivity contribution >= 4 is 5.78 Å². The van der Waals surface area contributed by atoms with Gasteiger partial charge < -0.3 is 20.1 Å². The van der Waals surface area contributed by atoms with Crippen LogP contribution in [0, 0.1) is 21.8 Å². The van der Waals surface area contributed by atoms with E-state index < -0.39 is 22.2 Å². The normalized spacial score (nSPS) is 26.0. The quantitative estimate of drug-likeness (QED) is 0.413. The molecular weight excluding hydrogens is 369 g/mol. The number of rotatable bonds is 7. The van der Waals surface area contributed by atoms with Crippen LogP contribution in [0.1, 0.15) is 25.3 Å². The Morgan fingerprint density at radius 3 is 2.54 bits per heavy atom. The molecule has 3 rings (SSSR count). The molecule has 2 aliphatic rings. The highest BCUT2D eigenvalue weighted by Crippen LogP contribution is 2.49. The molecule has 0 radical (unpaired) electrons. The van der Waals surface area contributed by atoms with Crippen molar-refractivity contribution in [3.8, 4) is 0 Å². The van der Waals surface area contributed by atoms with Crippen LogP contribution in [0.4, 0.5) is 4.39 Å². The largest absolute Gasteiger partial charge is 0.366 e. The lowest BCUT2D eigenvalue weighted by Crippen LogP contribution is -2.73. The number of nitrogens with one attached hydrogen (secondary N) is 2. The number of ether oxygens (including phenoxy) is 2. The smallest absolute Gasteiger partial charge is 0.294 e. The van der Waals surface area contributed by atoms with Crippen LogP contribution in [-0.2, 0) is 20.7 Å². The summed E-state index contributed by atoms with van der Waals surface area (Å²) >= 11 is 0. The molecule has 2 N–H and O–H groups in total. The monoisotopic (exact) mass is 393 g/mol. The minimum Gasteiger partial charge on any atom is -0.366 e. The summed E-state index contributed by atoms with van der Waals surface area (Å²) in [7, 11) is 2.85. The summed E-state index contributed by atoms with van der Waals surface area (Å²) in [6.07, 6.45) is 0.647. The van der Waals surface area contributed by atoms with Gasteiger partial charge in [-0.3, -0.25) is 14.9 Å². The first-order valence-electron chi connectivity index (χ1n) is 9.03. The third-order valence-corrected chi connectivity index (χ3v) is 5.63. The number of benzene rings is 1. The predicted molar refractivity (Wildman–Crippen MR) is 98.1 cm³/mol. The van der Waals surface area contributed by atoms with Gasteiger partial charge in [0.15, 0.2) is 5.82 Å². The average molecular weight is 393 g/mol. The Labute approximate surface area is 162 Å². The van der Waals surface area contributed by atoms with E-state index in [-0.39, 0.29) is 36.0 Å². The highest BCUT2D eigenvalue weighted by atomic mass is 19.1. The first kappa shape index (κ1) is 20.2. The number of hydrogen-bond acceptors (Lipinski definition) is 7. The van der Waals surface area contributed by atoms with Crippen LogP contribution < -0.4 is 10.6 Å². The summed E-state index contributed by atoms with van der Waals surface area (Å²) in [5.74, 6) is -2.32. The van der Waals surface area contributed by atoms with Crippen LogP contribution >= 0.6 is 0 Å². The molecular formula is C19H24FN3O5. The minimum atomic E-state index is -1.33. The van der Waals surface area contributed by atoms with Gasteiger partial charge in [-0.15, -0.1) is 0 Å². The fourth-order valence-corrected chi connectivity index (χ4v) is 4.41. The molecule has 1 aliphatic carbocycles. The van der Waals surface area contributed by atoms with E-state index in [9.17, 15) is 19.3 Å². The summed E-state index contributed by atoms with van der Waals surface area (Å²) < 4.78 is 24.3. The number of Topliss-reactive ketones (excluding diaryl/α,β-unsaturated/α-hetero) is 1. The lowest BCUT2D eigenvalue weighted by Gasteiger charge is -2.55. The van der Waals surface area contributed by atoms with Crippen molar-refractivity contribution < 1.29 is 23.6 Å². The molecule has 1 fully saturated rings. The predicted octanol–water partition coefficient (Wildman–Crippen LogP) is 1.73. The zero-order valence-corrected chi connectivity index (χ0v) is 16.1. The number of nitrogens with zero attached hydrogens (tertiary/aromatic N) is 1. The molecule has 0 aromatic heterocycles. The number of nitro groups is 1. The average Bonchev–Trinajstić information content (AvgIpc) is 2.62. The number of halogens is 1. The van der Waals surface area contributed by atoms with E-state index in [0.717, 1.165) is 5.56 Å². The molecule has 0 saturated heterocycles. The highest BCUT2D eigenvalue weighted by Gasteiger charge is 2.66. The van der Waals surface area contributed by atoms with Crippen molar-refractivity contribution in [1.82, 2.24) is 10.6 Å². The number of fused-ring (bicyclic) bond motifs is 2. The van der Waals surface area contributed by atoms with Gasteiger partial charge in [-0.05, 0) is 31.0 Å². The summed E-state index contributed by atoms with van der Waals surface area (Å²) in [4.78, 5) is 23.6. The number of carbonyl (C=O) groups excluding carboxylic acids is 1. The van der Waals surface area contributed by atoms with Gasteiger partial charge in [0, 0.05) is 33.6 Å². The molecule has 1 heterocycles. The molecule has 0 amide bonds. The SMILES string of the molecule is COC1(OC)C2CC(=O)CC1(C)NC(NCCc1ccc(F)cc1)=C2[N+](=O)[O-]. The number of methoxy groups -OCH3 is 2. The Balaban J connectivity index is 1.90. The molecule has 9 heteroatoms. The van der Waals surface area contributed by atoms with Crippen molar-refractivity contribution in [2.75, 3.05) is 20.8 Å². The Morgan fingerprint density at radius 1 is 1.32 bits per heavy atom. The van der Waals surface area contributed by atoms with Gasteiger partial charge in [-0.25, -0.2) is 4.39 Å². The molecule has 1 aromatic rings. The molecule has 1 aromatic carbocycles. The van der Waals surface area contributed by atoms with Crippen LogP contribution in [0.5, 0.6) is 0 Å².